The number of amides is 1. The van der Waals surface area contributed by atoms with Crippen molar-refractivity contribution in [2.45, 2.75) is 13.3 Å². The summed E-state index contributed by atoms with van der Waals surface area (Å²) in [7, 11) is 0. The van der Waals surface area contributed by atoms with Gasteiger partial charge in [-0.1, -0.05) is 0 Å². The third kappa shape index (κ3) is 3.61. The maximum atomic E-state index is 11.7. The van der Waals surface area contributed by atoms with E-state index in [0.717, 1.165) is 15.9 Å². The summed E-state index contributed by atoms with van der Waals surface area (Å²) in [6.45, 7) is 2.44. The quantitative estimate of drug-likeness (QED) is 0.940. The number of hydrogen-bond acceptors (Lipinski definition) is 4. The summed E-state index contributed by atoms with van der Waals surface area (Å²) >= 11 is 5.08. The van der Waals surface area contributed by atoms with Gasteiger partial charge in [-0.15, -0.1) is 11.3 Å². The molecule has 2 heterocycles. The summed E-state index contributed by atoms with van der Waals surface area (Å²) in [5.41, 5.74) is 1.16. The smallest absolute Gasteiger partial charge is 0.271 e. The molecule has 0 saturated heterocycles. The molecule has 1 amide bonds. The molecule has 1 N–H and O–H groups in total. The van der Waals surface area contributed by atoms with Crippen LogP contribution >= 0.6 is 27.3 Å². The number of thiophene rings is 1. The van der Waals surface area contributed by atoms with Crippen LogP contribution in [0.3, 0.4) is 0 Å². The second-order valence-corrected chi connectivity index (χ2v) is 6.30. The lowest BCUT2D eigenvalue weighted by atomic mass is 10.3. The lowest BCUT2D eigenvalue weighted by Crippen LogP contribution is -2.26. The normalized spacial score (nSPS) is 10.3. The van der Waals surface area contributed by atoms with Crippen molar-refractivity contribution in [2.24, 2.45) is 0 Å². The van der Waals surface area contributed by atoms with Crippen molar-refractivity contribution in [1.82, 2.24) is 15.3 Å². The van der Waals surface area contributed by atoms with Crippen LogP contribution in [0.15, 0.2) is 28.3 Å². The van der Waals surface area contributed by atoms with Gasteiger partial charge in [-0.25, -0.2) is 4.98 Å². The van der Waals surface area contributed by atoms with Gasteiger partial charge < -0.3 is 5.32 Å². The van der Waals surface area contributed by atoms with Crippen molar-refractivity contribution in [3.05, 3.63) is 44.6 Å². The largest absolute Gasteiger partial charge is 0.350 e. The average molecular weight is 326 g/mol. The summed E-state index contributed by atoms with van der Waals surface area (Å²) in [5.74, 6) is -0.182. The van der Waals surface area contributed by atoms with Crippen LogP contribution in [0, 0.1) is 6.92 Å². The monoisotopic (exact) mass is 325 g/mol. The topological polar surface area (TPSA) is 54.9 Å². The molecular formula is C12H12BrN3OS. The van der Waals surface area contributed by atoms with E-state index in [0.29, 0.717) is 12.2 Å². The Balaban J connectivity index is 1.83. The van der Waals surface area contributed by atoms with Gasteiger partial charge in [0.25, 0.3) is 5.91 Å². The van der Waals surface area contributed by atoms with Crippen LogP contribution in [-0.4, -0.2) is 22.4 Å². The van der Waals surface area contributed by atoms with E-state index in [1.165, 1.54) is 11.1 Å². The van der Waals surface area contributed by atoms with E-state index in [1.807, 2.05) is 19.1 Å². The number of halogens is 1. The Morgan fingerprint density at radius 1 is 1.39 bits per heavy atom. The number of nitrogens with one attached hydrogen (secondary N) is 1. The molecule has 0 aliphatic carbocycles. The number of aromatic nitrogens is 2. The van der Waals surface area contributed by atoms with Crippen LogP contribution < -0.4 is 5.32 Å². The fraction of sp³-hybridized carbons (Fsp3) is 0.250. The van der Waals surface area contributed by atoms with Gasteiger partial charge >= 0.3 is 0 Å². The van der Waals surface area contributed by atoms with Gasteiger partial charge in [-0.3, -0.25) is 9.78 Å². The highest BCUT2D eigenvalue weighted by molar-refractivity contribution is 9.11. The summed E-state index contributed by atoms with van der Waals surface area (Å²) in [6.07, 6.45) is 3.90. The van der Waals surface area contributed by atoms with E-state index < -0.39 is 0 Å². The highest BCUT2D eigenvalue weighted by Crippen LogP contribution is 2.21. The number of carbonyl (C=O) groups is 1. The van der Waals surface area contributed by atoms with E-state index in [1.54, 1.807) is 17.5 Å². The molecule has 0 aliphatic heterocycles. The molecule has 0 bridgehead atoms. The number of hydrogen-bond donors (Lipinski definition) is 1. The molecule has 0 radical (unpaired) electrons. The second kappa shape index (κ2) is 6.06. The first-order valence-corrected chi connectivity index (χ1v) is 7.07. The fourth-order valence-electron chi connectivity index (χ4n) is 1.39. The zero-order chi connectivity index (χ0) is 13.0. The molecule has 0 atom stereocenters. The molecule has 94 valence electrons. The standard InChI is InChI=1S/C12H12BrN3OS/c1-8-6-16-10(7-15-8)12(17)14-5-4-9-2-3-11(13)18-9/h2-3,6-7H,4-5H2,1H3,(H,14,17). The maximum Gasteiger partial charge on any atom is 0.271 e. The van der Waals surface area contributed by atoms with Crippen molar-refractivity contribution in [2.75, 3.05) is 6.54 Å². The van der Waals surface area contributed by atoms with Crippen LogP contribution in [0.1, 0.15) is 21.1 Å². The van der Waals surface area contributed by atoms with Crippen molar-refractivity contribution in [3.63, 3.8) is 0 Å². The number of carbonyl (C=O) groups excluding carboxylic acids is 1. The van der Waals surface area contributed by atoms with Crippen LogP contribution in [0.5, 0.6) is 0 Å². The minimum absolute atomic E-state index is 0.182. The summed E-state index contributed by atoms with van der Waals surface area (Å²) in [6, 6.07) is 4.06. The van der Waals surface area contributed by atoms with Gasteiger partial charge in [0.2, 0.25) is 0 Å². The van der Waals surface area contributed by atoms with Crippen molar-refractivity contribution < 1.29 is 4.79 Å². The van der Waals surface area contributed by atoms with Crippen LogP contribution in [-0.2, 0) is 6.42 Å². The Labute approximate surface area is 118 Å². The SMILES string of the molecule is Cc1cnc(C(=O)NCCc2ccc(Br)s2)cn1. The number of aryl methyl sites for hydroxylation is 1. The van der Waals surface area contributed by atoms with E-state index in [2.05, 4.69) is 31.2 Å². The molecule has 0 spiro atoms. The molecule has 2 aromatic rings. The first-order chi connectivity index (χ1) is 8.65. The van der Waals surface area contributed by atoms with Crippen LogP contribution in [0.4, 0.5) is 0 Å². The molecule has 4 nitrogen and oxygen atoms in total. The van der Waals surface area contributed by atoms with E-state index in [-0.39, 0.29) is 5.91 Å². The van der Waals surface area contributed by atoms with E-state index >= 15 is 0 Å². The van der Waals surface area contributed by atoms with Gasteiger partial charge in [-0.05, 0) is 41.4 Å². The predicted molar refractivity (Wildman–Crippen MR) is 74.8 cm³/mol. The summed E-state index contributed by atoms with van der Waals surface area (Å²) in [5, 5.41) is 2.83. The Morgan fingerprint density at radius 2 is 2.22 bits per heavy atom. The summed E-state index contributed by atoms with van der Waals surface area (Å²) < 4.78 is 1.10. The third-order valence-corrected chi connectivity index (χ3v) is 3.98. The molecule has 0 fully saturated rings. The zero-order valence-electron chi connectivity index (χ0n) is 9.81. The lowest BCUT2D eigenvalue weighted by Gasteiger charge is -2.03. The molecule has 0 aromatic carbocycles. The van der Waals surface area contributed by atoms with Crippen LogP contribution in [0.2, 0.25) is 0 Å². The van der Waals surface area contributed by atoms with Gasteiger partial charge in [0.05, 0.1) is 15.7 Å². The zero-order valence-corrected chi connectivity index (χ0v) is 12.2. The Morgan fingerprint density at radius 3 is 2.83 bits per heavy atom. The molecule has 0 saturated carbocycles. The van der Waals surface area contributed by atoms with E-state index in [9.17, 15) is 4.79 Å². The summed E-state index contributed by atoms with van der Waals surface area (Å²) in [4.78, 5) is 21.0. The number of nitrogens with zero attached hydrogens (tertiary/aromatic N) is 2. The third-order valence-electron chi connectivity index (χ3n) is 2.30. The Hall–Kier alpha value is -1.27. The lowest BCUT2D eigenvalue weighted by molar-refractivity contribution is 0.0949. The molecule has 0 unspecified atom stereocenters. The minimum Gasteiger partial charge on any atom is -0.350 e. The molecule has 6 heteroatoms. The maximum absolute atomic E-state index is 11.7. The molecule has 2 rings (SSSR count). The fourth-order valence-corrected chi connectivity index (χ4v) is 2.87. The van der Waals surface area contributed by atoms with Crippen molar-refractivity contribution >= 4 is 33.2 Å². The minimum atomic E-state index is -0.182. The van der Waals surface area contributed by atoms with Gasteiger partial charge in [0.15, 0.2) is 0 Å². The van der Waals surface area contributed by atoms with E-state index in [4.69, 9.17) is 0 Å². The highest BCUT2D eigenvalue weighted by Gasteiger charge is 2.06. The highest BCUT2D eigenvalue weighted by atomic mass is 79.9. The first kappa shape index (κ1) is 13.2. The van der Waals surface area contributed by atoms with Crippen molar-refractivity contribution in [1.29, 1.82) is 0 Å². The Kier molecular flexibility index (Phi) is 4.43. The predicted octanol–water partition coefficient (Wildman–Crippen LogP) is 2.58. The molecule has 18 heavy (non-hydrogen) atoms. The van der Waals surface area contributed by atoms with Gasteiger partial charge in [-0.2, -0.15) is 0 Å². The number of rotatable bonds is 4. The molecule has 2 aromatic heterocycles. The van der Waals surface area contributed by atoms with Crippen LogP contribution in [0.25, 0.3) is 0 Å². The van der Waals surface area contributed by atoms with Gasteiger partial charge in [0.1, 0.15) is 5.69 Å². The van der Waals surface area contributed by atoms with Gasteiger partial charge in [0, 0.05) is 17.6 Å². The molecular weight excluding hydrogens is 314 g/mol. The first-order valence-electron chi connectivity index (χ1n) is 5.46. The molecule has 0 aliphatic rings. The Bertz CT molecular complexity index is 539. The average Bonchev–Trinajstić information content (AvgIpc) is 2.76. The second-order valence-electron chi connectivity index (χ2n) is 3.75. The van der Waals surface area contributed by atoms with Crippen molar-refractivity contribution in [3.8, 4) is 0 Å².